The van der Waals surface area contributed by atoms with E-state index in [0.717, 1.165) is 5.56 Å². The number of urea groups is 1. The number of benzene rings is 1. The standard InChI is InChI=1S/C18H14N4O2S/c19-12-13-6-8-18(9-7-13,14-4-2-1-3-5-14)15-21-10-11-25(15)17(24)22-16(20)23/h1-8,10-11H,9H2,(H2-,20,22,23,24)/p+1. The average Bonchev–Trinajstić information content (AvgIpc) is 3.12. The van der Waals surface area contributed by atoms with Crippen molar-refractivity contribution < 1.29 is 9.59 Å². The molecule has 0 fully saturated rings. The van der Waals surface area contributed by atoms with Gasteiger partial charge in [-0.05, 0) is 18.1 Å². The minimum Gasteiger partial charge on any atom is -0.351 e. The highest BCUT2D eigenvalue weighted by atomic mass is 32.2. The van der Waals surface area contributed by atoms with Crippen LogP contribution in [0.3, 0.4) is 0 Å². The molecule has 1 heterocycles. The zero-order chi connectivity index (χ0) is 17.9. The molecule has 1 aromatic carbocycles. The summed E-state index contributed by atoms with van der Waals surface area (Å²) < 4.78 is 0. The highest BCUT2D eigenvalue weighted by Crippen LogP contribution is 2.45. The van der Waals surface area contributed by atoms with E-state index in [4.69, 9.17) is 11.0 Å². The molecule has 124 valence electrons. The zero-order valence-electron chi connectivity index (χ0n) is 13.2. The van der Waals surface area contributed by atoms with Gasteiger partial charge in [-0.15, -0.1) is 0 Å². The van der Waals surface area contributed by atoms with Gasteiger partial charge < -0.3 is 5.73 Å². The normalized spacial score (nSPS) is 19.6. The van der Waals surface area contributed by atoms with Crippen LogP contribution in [0.15, 0.2) is 65.7 Å². The van der Waals surface area contributed by atoms with E-state index < -0.39 is 27.2 Å². The number of carbonyl (C=O) groups is 2. The van der Waals surface area contributed by atoms with Gasteiger partial charge in [0.15, 0.2) is 5.38 Å². The fourth-order valence-electron chi connectivity index (χ4n) is 2.85. The molecule has 7 heteroatoms. The molecule has 0 bridgehead atoms. The number of imide groups is 1. The summed E-state index contributed by atoms with van der Waals surface area (Å²) in [5.41, 5.74) is 5.96. The number of rotatable bonds is 3. The van der Waals surface area contributed by atoms with Crippen molar-refractivity contribution in [1.29, 1.82) is 5.26 Å². The number of nitrogens with zero attached hydrogens (tertiary/aromatic N) is 2. The lowest BCUT2D eigenvalue weighted by molar-refractivity contribution is 0.242. The Hall–Kier alpha value is -3.24. The van der Waals surface area contributed by atoms with E-state index in [1.807, 2.05) is 42.5 Å². The Labute approximate surface area is 147 Å². The molecule has 6 nitrogen and oxygen atoms in total. The van der Waals surface area contributed by atoms with E-state index >= 15 is 0 Å². The molecular weight excluding hydrogens is 336 g/mol. The first-order chi connectivity index (χ1) is 12.1. The minimum atomic E-state index is -1.03. The van der Waals surface area contributed by atoms with E-state index in [-0.39, 0.29) is 0 Å². The maximum absolute atomic E-state index is 12.4. The minimum absolute atomic E-state index is 0.487. The fourth-order valence-corrected chi connectivity index (χ4v) is 4.51. The summed E-state index contributed by atoms with van der Waals surface area (Å²) in [7, 11) is -1.03. The van der Waals surface area contributed by atoms with Crippen LogP contribution >= 0.6 is 10.5 Å². The van der Waals surface area contributed by atoms with E-state index in [1.165, 1.54) is 0 Å². The van der Waals surface area contributed by atoms with Crippen LogP contribution in [0.1, 0.15) is 17.0 Å². The van der Waals surface area contributed by atoms with Gasteiger partial charge in [-0.2, -0.15) is 5.26 Å². The molecule has 3 N–H and O–H groups in total. The molecule has 3 amide bonds. The molecule has 2 aromatic rings. The van der Waals surface area contributed by atoms with Gasteiger partial charge in [0.05, 0.1) is 22.7 Å². The third-order valence-electron chi connectivity index (χ3n) is 4.01. The lowest BCUT2D eigenvalue weighted by Crippen LogP contribution is -2.34. The number of carbonyl (C=O) groups excluding carboxylic acids is 2. The first kappa shape index (κ1) is 16.6. The Balaban J connectivity index is 2.13. The second-order valence-electron chi connectivity index (χ2n) is 5.48. The molecule has 2 unspecified atom stereocenters. The quantitative estimate of drug-likeness (QED) is 0.828. The van der Waals surface area contributed by atoms with Crippen molar-refractivity contribution in [3.8, 4) is 6.07 Å². The Morgan fingerprint density at radius 1 is 1.32 bits per heavy atom. The molecular formula is C18H15N4O2S+. The Morgan fingerprint density at radius 3 is 2.68 bits per heavy atom. The predicted octanol–water partition coefficient (Wildman–Crippen LogP) is 3.16. The molecule has 25 heavy (non-hydrogen) atoms. The number of nitrogens with two attached hydrogens (primary N) is 1. The predicted molar refractivity (Wildman–Crippen MR) is 94.9 cm³/mol. The van der Waals surface area contributed by atoms with Gasteiger partial charge in [0.1, 0.15) is 5.41 Å². The van der Waals surface area contributed by atoms with Crippen LogP contribution in [0.2, 0.25) is 0 Å². The highest BCUT2D eigenvalue weighted by Gasteiger charge is 2.44. The van der Waals surface area contributed by atoms with E-state index in [9.17, 15) is 9.59 Å². The second kappa shape index (κ2) is 6.71. The summed E-state index contributed by atoms with van der Waals surface area (Å²) >= 11 is 0. The maximum Gasteiger partial charge on any atom is 0.465 e. The van der Waals surface area contributed by atoms with Crippen molar-refractivity contribution in [2.45, 2.75) is 11.8 Å². The summed E-state index contributed by atoms with van der Waals surface area (Å²) in [5.74, 6) is 0. The summed E-state index contributed by atoms with van der Waals surface area (Å²) in [6.07, 6.45) is 7.56. The van der Waals surface area contributed by atoms with Crippen molar-refractivity contribution in [3.63, 3.8) is 0 Å². The van der Waals surface area contributed by atoms with Crippen molar-refractivity contribution in [3.05, 3.63) is 76.3 Å². The number of hydrogen-bond acceptors (Lipinski definition) is 4. The summed E-state index contributed by atoms with van der Waals surface area (Å²) in [4.78, 5) is 27.9. The maximum atomic E-state index is 12.4. The first-order valence-corrected chi connectivity index (χ1v) is 8.79. The topological polar surface area (TPSA) is 109 Å². The number of amides is 3. The lowest BCUT2D eigenvalue weighted by Gasteiger charge is -2.27. The molecule has 0 radical (unpaired) electrons. The van der Waals surface area contributed by atoms with Crippen molar-refractivity contribution in [2.24, 2.45) is 5.73 Å². The number of nitriles is 1. The molecule has 1 aromatic heterocycles. The summed E-state index contributed by atoms with van der Waals surface area (Å²) in [6.45, 7) is 0. The average molecular weight is 351 g/mol. The van der Waals surface area contributed by atoms with Crippen LogP contribution < -0.4 is 11.1 Å². The van der Waals surface area contributed by atoms with E-state index in [2.05, 4.69) is 16.4 Å². The van der Waals surface area contributed by atoms with Gasteiger partial charge in [0.25, 0.3) is 5.01 Å². The lowest BCUT2D eigenvalue weighted by atomic mass is 9.75. The molecule has 0 saturated carbocycles. The number of nitrogens with one attached hydrogen (secondary N) is 1. The van der Waals surface area contributed by atoms with Crippen LogP contribution in [-0.4, -0.2) is 16.3 Å². The Bertz CT molecular complexity index is 924. The number of allylic oxidation sites excluding steroid dienone is 4. The molecule has 0 spiro atoms. The Morgan fingerprint density at radius 2 is 2.08 bits per heavy atom. The van der Waals surface area contributed by atoms with Gasteiger partial charge in [-0.3, -0.25) is 0 Å². The van der Waals surface area contributed by atoms with Gasteiger partial charge in [-0.1, -0.05) is 42.5 Å². The third kappa shape index (κ3) is 3.07. The molecule has 2 atom stereocenters. The van der Waals surface area contributed by atoms with Gasteiger partial charge >= 0.3 is 11.3 Å². The highest BCUT2D eigenvalue weighted by molar-refractivity contribution is 7.50. The van der Waals surface area contributed by atoms with Crippen molar-refractivity contribution in [1.82, 2.24) is 10.3 Å². The summed E-state index contributed by atoms with van der Waals surface area (Å²) in [6, 6.07) is 10.9. The van der Waals surface area contributed by atoms with Gasteiger partial charge in [0.2, 0.25) is 0 Å². The number of aromatic nitrogens is 1. The SMILES string of the molecule is N#CC1=CCC(c2ccccc2)(c2ncc[s+]2C(=O)NC(N)=O)C=C1. The largest absolute Gasteiger partial charge is 0.465 e. The molecule has 0 aliphatic heterocycles. The van der Waals surface area contributed by atoms with Gasteiger partial charge in [-0.25, -0.2) is 19.9 Å². The van der Waals surface area contributed by atoms with Crippen LogP contribution in [0.4, 0.5) is 9.59 Å². The van der Waals surface area contributed by atoms with Crippen LogP contribution in [-0.2, 0) is 5.41 Å². The molecule has 3 rings (SSSR count). The van der Waals surface area contributed by atoms with Crippen molar-refractivity contribution in [2.75, 3.05) is 0 Å². The number of thiazole rings is 1. The van der Waals surface area contributed by atoms with Gasteiger partial charge in [0, 0.05) is 5.57 Å². The smallest absolute Gasteiger partial charge is 0.351 e. The van der Waals surface area contributed by atoms with Crippen LogP contribution in [0.5, 0.6) is 0 Å². The number of hydrogen-bond donors (Lipinski definition) is 2. The second-order valence-corrected chi connectivity index (χ2v) is 7.19. The van der Waals surface area contributed by atoms with E-state index in [1.54, 1.807) is 17.7 Å². The Kier molecular flexibility index (Phi) is 4.46. The first-order valence-electron chi connectivity index (χ1n) is 7.50. The molecule has 0 saturated heterocycles. The van der Waals surface area contributed by atoms with Crippen LogP contribution in [0.25, 0.3) is 0 Å². The van der Waals surface area contributed by atoms with E-state index in [0.29, 0.717) is 17.0 Å². The molecule has 1 aliphatic carbocycles. The zero-order valence-corrected chi connectivity index (χ0v) is 14.0. The number of primary amides is 1. The monoisotopic (exact) mass is 351 g/mol. The van der Waals surface area contributed by atoms with Crippen molar-refractivity contribution >= 4 is 21.7 Å². The fraction of sp³-hybridized carbons (Fsp3) is 0.111. The van der Waals surface area contributed by atoms with Crippen LogP contribution in [0, 0.1) is 11.3 Å². The summed E-state index contributed by atoms with van der Waals surface area (Å²) in [5, 5.41) is 13.0. The third-order valence-corrected chi connectivity index (χ3v) is 5.79. The molecule has 1 aliphatic rings.